The molecule has 35 heavy (non-hydrogen) atoms. The Morgan fingerprint density at radius 3 is 2.40 bits per heavy atom. The molecular weight excluding hydrogens is 450 g/mol. The molecule has 0 saturated heterocycles. The summed E-state index contributed by atoms with van der Waals surface area (Å²) in [6.07, 6.45) is 3.74. The van der Waals surface area contributed by atoms with Crippen LogP contribution < -0.4 is 21.3 Å². The number of anilines is 2. The maximum Gasteiger partial charge on any atom is 0.269 e. The highest BCUT2D eigenvalue weighted by atomic mass is 16.6. The van der Waals surface area contributed by atoms with Gasteiger partial charge < -0.3 is 16.4 Å². The van der Waals surface area contributed by atoms with Gasteiger partial charge in [-0.25, -0.2) is 0 Å². The van der Waals surface area contributed by atoms with Crippen molar-refractivity contribution in [3.05, 3.63) is 63.7 Å². The predicted molar refractivity (Wildman–Crippen MR) is 131 cm³/mol. The first-order valence-electron chi connectivity index (χ1n) is 11.8. The SMILES string of the molecule is CC(C)C1C(=O)Nc2cc(C(=O)NC3CCCCC3N)ccc2N1C(=O)c1ccc([N+](=O)[O-])cc1. The summed E-state index contributed by atoms with van der Waals surface area (Å²) < 4.78 is 0. The van der Waals surface area contributed by atoms with Crippen molar-refractivity contribution in [3.8, 4) is 0 Å². The number of benzene rings is 2. The first-order chi connectivity index (χ1) is 16.7. The highest BCUT2D eigenvalue weighted by Gasteiger charge is 2.39. The molecule has 0 spiro atoms. The van der Waals surface area contributed by atoms with Crippen LogP contribution in [-0.4, -0.2) is 40.8 Å². The molecule has 1 heterocycles. The monoisotopic (exact) mass is 479 g/mol. The van der Waals surface area contributed by atoms with Gasteiger partial charge in [0.05, 0.1) is 16.3 Å². The van der Waals surface area contributed by atoms with Crippen LogP contribution in [0.2, 0.25) is 0 Å². The van der Waals surface area contributed by atoms with E-state index in [0.29, 0.717) is 16.9 Å². The fourth-order valence-corrected chi connectivity index (χ4v) is 4.75. The first-order valence-corrected chi connectivity index (χ1v) is 11.8. The van der Waals surface area contributed by atoms with Gasteiger partial charge in [0.2, 0.25) is 5.91 Å². The normalized spacial score (nSPS) is 21.8. The zero-order chi connectivity index (χ0) is 25.3. The Hall–Kier alpha value is -3.79. The highest BCUT2D eigenvalue weighted by Crippen LogP contribution is 2.36. The number of amides is 3. The van der Waals surface area contributed by atoms with Crippen molar-refractivity contribution >= 4 is 34.8 Å². The topological polar surface area (TPSA) is 148 Å². The zero-order valence-corrected chi connectivity index (χ0v) is 19.7. The molecule has 0 aromatic heterocycles. The average molecular weight is 480 g/mol. The number of non-ortho nitro benzene ring substituents is 1. The molecule has 10 heteroatoms. The average Bonchev–Trinajstić information content (AvgIpc) is 2.83. The van der Waals surface area contributed by atoms with E-state index < -0.39 is 16.9 Å². The third-order valence-corrected chi connectivity index (χ3v) is 6.63. The molecule has 2 aromatic carbocycles. The zero-order valence-electron chi connectivity index (χ0n) is 19.7. The molecule has 4 rings (SSSR count). The molecule has 3 unspecified atom stereocenters. The number of nitrogens with zero attached hydrogens (tertiary/aromatic N) is 2. The second-order valence-electron chi connectivity index (χ2n) is 9.42. The number of hydrogen-bond acceptors (Lipinski definition) is 6. The van der Waals surface area contributed by atoms with E-state index in [1.165, 1.54) is 29.2 Å². The van der Waals surface area contributed by atoms with Crippen molar-refractivity contribution < 1.29 is 19.3 Å². The standard InChI is InChI=1S/C25H29N5O5/c1-14(2)22-24(32)28-20-13-16(23(31)27-19-6-4-3-5-18(19)26)9-12-21(20)29(22)25(33)15-7-10-17(11-8-15)30(34)35/h7-14,18-19,22H,3-6,26H2,1-2H3,(H,27,31)(H,28,32). The third-order valence-electron chi connectivity index (χ3n) is 6.63. The molecule has 10 nitrogen and oxygen atoms in total. The molecule has 3 amide bonds. The Morgan fingerprint density at radius 1 is 1.11 bits per heavy atom. The minimum Gasteiger partial charge on any atom is -0.348 e. The van der Waals surface area contributed by atoms with E-state index in [1.54, 1.807) is 18.2 Å². The van der Waals surface area contributed by atoms with Crippen LogP contribution in [0.5, 0.6) is 0 Å². The molecule has 0 bridgehead atoms. The van der Waals surface area contributed by atoms with Crippen molar-refractivity contribution in [1.82, 2.24) is 5.32 Å². The Balaban J connectivity index is 1.65. The van der Waals surface area contributed by atoms with Crippen LogP contribution in [0.1, 0.15) is 60.2 Å². The number of fused-ring (bicyclic) bond motifs is 1. The van der Waals surface area contributed by atoms with Crippen LogP contribution >= 0.6 is 0 Å². The molecular formula is C25H29N5O5. The van der Waals surface area contributed by atoms with Crippen LogP contribution in [0.3, 0.4) is 0 Å². The fourth-order valence-electron chi connectivity index (χ4n) is 4.75. The van der Waals surface area contributed by atoms with Gasteiger partial charge in [-0.2, -0.15) is 0 Å². The van der Waals surface area contributed by atoms with Crippen LogP contribution in [-0.2, 0) is 4.79 Å². The number of carbonyl (C=O) groups is 3. The molecule has 3 atom stereocenters. The van der Waals surface area contributed by atoms with Crippen molar-refractivity contribution in [2.45, 2.75) is 57.7 Å². The lowest BCUT2D eigenvalue weighted by Crippen LogP contribution is -2.53. The summed E-state index contributed by atoms with van der Waals surface area (Å²) in [5.41, 5.74) is 7.40. The van der Waals surface area contributed by atoms with E-state index in [2.05, 4.69) is 10.6 Å². The van der Waals surface area contributed by atoms with Gasteiger partial charge in [-0.15, -0.1) is 0 Å². The summed E-state index contributed by atoms with van der Waals surface area (Å²) in [5, 5.41) is 16.8. The molecule has 184 valence electrons. The molecule has 1 aliphatic carbocycles. The summed E-state index contributed by atoms with van der Waals surface area (Å²) in [5.74, 6) is -1.32. The lowest BCUT2D eigenvalue weighted by Gasteiger charge is -2.38. The van der Waals surface area contributed by atoms with Crippen molar-refractivity contribution in [1.29, 1.82) is 0 Å². The van der Waals surface area contributed by atoms with Crippen molar-refractivity contribution in [2.24, 2.45) is 11.7 Å². The Bertz CT molecular complexity index is 1160. The van der Waals surface area contributed by atoms with E-state index >= 15 is 0 Å². The van der Waals surface area contributed by atoms with E-state index in [1.807, 2.05) is 13.8 Å². The van der Waals surface area contributed by atoms with E-state index in [0.717, 1.165) is 25.7 Å². The lowest BCUT2D eigenvalue weighted by molar-refractivity contribution is -0.384. The number of nitrogens with one attached hydrogen (secondary N) is 2. The predicted octanol–water partition coefficient (Wildman–Crippen LogP) is 3.22. The molecule has 2 aliphatic rings. The summed E-state index contributed by atoms with van der Waals surface area (Å²) in [6, 6.07) is 9.10. The summed E-state index contributed by atoms with van der Waals surface area (Å²) in [4.78, 5) is 51.3. The van der Waals surface area contributed by atoms with Gasteiger partial charge in [0.1, 0.15) is 6.04 Å². The van der Waals surface area contributed by atoms with Gasteiger partial charge in [-0.1, -0.05) is 26.7 Å². The molecule has 4 N–H and O–H groups in total. The maximum absolute atomic E-state index is 13.5. The fraction of sp³-hybridized carbons (Fsp3) is 0.400. The van der Waals surface area contributed by atoms with Gasteiger partial charge in [-0.05, 0) is 49.1 Å². The van der Waals surface area contributed by atoms with Gasteiger partial charge >= 0.3 is 0 Å². The Morgan fingerprint density at radius 2 is 1.77 bits per heavy atom. The maximum atomic E-state index is 13.5. The second kappa shape index (κ2) is 9.83. The Kier molecular flexibility index (Phi) is 6.83. The quantitative estimate of drug-likeness (QED) is 0.443. The molecule has 1 aliphatic heterocycles. The number of hydrogen-bond donors (Lipinski definition) is 3. The molecule has 0 radical (unpaired) electrons. The van der Waals surface area contributed by atoms with Crippen molar-refractivity contribution in [3.63, 3.8) is 0 Å². The minimum atomic E-state index is -0.787. The van der Waals surface area contributed by atoms with E-state index in [-0.39, 0.29) is 41.1 Å². The minimum absolute atomic E-state index is 0.0911. The van der Waals surface area contributed by atoms with Gasteiger partial charge in [-0.3, -0.25) is 29.4 Å². The summed E-state index contributed by atoms with van der Waals surface area (Å²) >= 11 is 0. The molecule has 1 fully saturated rings. The number of rotatable bonds is 5. The van der Waals surface area contributed by atoms with Gasteiger partial charge in [0, 0.05) is 35.3 Å². The summed E-state index contributed by atoms with van der Waals surface area (Å²) in [7, 11) is 0. The van der Waals surface area contributed by atoms with Gasteiger partial charge in [0.25, 0.3) is 17.5 Å². The lowest BCUT2D eigenvalue weighted by atomic mass is 9.91. The largest absolute Gasteiger partial charge is 0.348 e. The van der Waals surface area contributed by atoms with Crippen LogP contribution in [0.4, 0.5) is 17.1 Å². The van der Waals surface area contributed by atoms with Crippen LogP contribution in [0, 0.1) is 16.0 Å². The molecule has 2 aromatic rings. The third kappa shape index (κ3) is 4.88. The van der Waals surface area contributed by atoms with E-state index in [4.69, 9.17) is 5.73 Å². The molecule has 1 saturated carbocycles. The number of nitro benzene ring substituents is 1. The number of nitrogens with two attached hydrogens (primary N) is 1. The van der Waals surface area contributed by atoms with Gasteiger partial charge in [0.15, 0.2) is 0 Å². The second-order valence-corrected chi connectivity index (χ2v) is 9.42. The smallest absolute Gasteiger partial charge is 0.269 e. The summed E-state index contributed by atoms with van der Waals surface area (Å²) in [6.45, 7) is 3.67. The van der Waals surface area contributed by atoms with Crippen molar-refractivity contribution in [2.75, 3.05) is 10.2 Å². The number of nitro groups is 1. The van der Waals surface area contributed by atoms with Crippen LogP contribution in [0.15, 0.2) is 42.5 Å². The number of carbonyl (C=O) groups excluding carboxylic acids is 3. The Labute approximate surface area is 203 Å². The van der Waals surface area contributed by atoms with Crippen LogP contribution in [0.25, 0.3) is 0 Å². The van der Waals surface area contributed by atoms with E-state index in [9.17, 15) is 24.5 Å². The first kappa shape index (κ1) is 24.3. The highest BCUT2D eigenvalue weighted by molar-refractivity contribution is 6.17.